The summed E-state index contributed by atoms with van der Waals surface area (Å²) < 4.78 is 0. The first-order chi connectivity index (χ1) is 9.23. The lowest BCUT2D eigenvalue weighted by molar-refractivity contribution is 0.0944. The molecule has 1 spiro atoms. The van der Waals surface area contributed by atoms with Crippen LogP contribution in [0.4, 0.5) is 0 Å². The molecule has 98 valence electrons. The molecule has 1 aromatic rings. The van der Waals surface area contributed by atoms with E-state index in [1.54, 1.807) is 0 Å². The summed E-state index contributed by atoms with van der Waals surface area (Å²) in [5.41, 5.74) is 4.05. The Hall–Kier alpha value is -1.37. The van der Waals surface area contributed by atoms with Crippen LogP contribution in [0, 0.1) is 11.8 Å². The standard InChI is InChI=1S/C18H20O/c1-2-12-4-6-15-16(10-12)18(8-7-17(15)19)11-13-3-5-14(18)9-13/h3-6,10,13-14H,2,7-9,11H2,1H3. The van der Waals surface area contributed by atoms with E-state index in [1.807, 2.05) is 0 Å². The normalized spacial score (nSPS) is 35.1. The number of ketones is 1. The summed E-state index contributed by atoms with van der Waals surface area (Å²) >= 11 is 0. The molecule has 0 radical (unpaired) electrons. The second-order valence-corrected chi connectivity index (χ2v) is 6.50. The highest BCUT2D eigenvalue weighted by Crippen LogP contribution is 2.58. The van der Waals surface area contributed by atoms with Crippen LogP contribution < -0.4 is 0 Å². The Morgan fingerprint density at radius 2 is 2.21 bits per heavy atom. The van der Waals surface area contributed by atoms with E-state index in [1.165, 1.54) is 24.0 Å². The van der Waals surface area contributed by atoms with Crippen LogP contribution in [0.15, 0.2) is 30.4 Å². The number of rotatable bonds is 1. The maximum atomic E-state index is 12.2. The molecule has 3 atom stereocenters. The first-order valence-electron chi connectivity index (χ1n) is 7.58. The number of aryl methyl sites for hydroxylation is 1. The second-order valence-electron chi connectivity index (χ2n) is 6.50. The average Bonchev–Trinajstić information content (AvgIpc) is 3.04. The second kappa shape index (κ2) is 3.82. The van der Waals surface area contributed by atoms with Crippen molar-refractivity contribution in [3.05, 3.63) is 47.0 Å². The highest BCUT2D eigenvalue weighted by atomic mass is 16.1. The van der Waals surface area contributed by atoms with E-state index in [-0.39, 0.29) is 5.41 Å². The van der Waals surface area contributed by atoms with Crippen molar-refractivity contribution in [2.24, 2.45) is 11.8 Å². The molecule has 0 aliphatic heterocycles. The van der Waals surface area contributed by atoms with E-state index in [9.17, 15) is 4.79 Å². The summed E-state index contributed by atoms with van der Waals surface area (Å²) in [4.78, 5) is 12.2. The Morgan fingerprint density at radius 1 is 1.32 bits per heavy atom. The van der Waals surface area contributed by atoms with Crippen LogP contribution in [0.25, 0.3) is 0 Å². The molecule has 4 rings (SSSR count). The molecule has 19 heavy (non-hydrogen) atoms. The van der Waals surface area contributed by atoms with Crippen molar-refractivity contribution >= 4 is 5.78 Å². The third-order valence-electron chi connectivity index (χ3n) is 5.64. The number of carbonyl (C=O) groups excluding carboxylic acids is 1. The van der Waals surface area contributed by atoms with Crippen LogP contribution in [-0.2, 0) is 11.8 Å². The van der Waals surface area contributed by atoms with Crippen molar-refractivity contribution in [3.8, 4) is 0 Å². The highest BCUT2D eigenvalue weighted by Gasteiger charge is 2.52. The Labute approximate surface area is 114 Å². The molecule has 2 bridgehead atoms. The van der Waals surface area contributed by atoms with Crippen LogP contribution in [0.1, 0.15) is 54.1 Å². The molecule has 0 amide bonds. The van der Waals surface area contributed by atoms with E-state index in [0.29, 0.717) is 11.7 Å². The number of carbonyl (C=O) groups is 1. The van der Waals surface area contributed by atoms with Crippen LogP contribution in [0.2, 0.25) is 0 Å². The molecule has 1 saturated carbocycles. The van der Waals surface area contributed by atoms with E-state index in [4.69, 9.17) is 0 Å². The van der Waals surface area contributed by atoms with Crippen LogP contribution in [-0.4, -0.2) is 5.78 Å². The maximum Gasteiger partial charge on any atom is 0.163 e. The minimum Gasteiger partial charge on any atom is -0.294 e. The first kappa shape index (κ1) is 11.5. The van der Waals surface area contributed by atoms with Gasteiger partial charge in [-0.15, -0.1) is 0 Å². The Morgan fingerprint density at radius 3 is 2.89 bits per heavy atom. The number of hydrogen-bond donors (Lipinski definition) is 0. The zero-order chi connectivity index (χ0) is 13.0. The van der Waals surface area contributed by atoms with Gasteiger partial charge in [0, 0.05) is 17.4 Å². The zero-order valence-electron chi connectivity index (χ0n) is 11.5. The van der Waals surface area contributed by atoms with E-state index in [2.05, 4.69) is 37.3 Å². The fourth-order valence-corrected chi connectivity index (χ4v) is 4.62. The zero-order valence-corrected chi connectivity index (χ0v) is 11.5. The Kier molecular flexibility index (Phi) is 2.30. The third kappa shape index (κ3) is 1.45. The van der Waals surface area contributed by atoms with Crippen molar-refractivity contribution < 1.29 is 4.79 Å². The van der Waals surface area contributed by atoms with Crippen molar-refractivity contribution in [2.75, 3.05) is 0 Å². The quantitative estimate of drug-likeness (QED) is 0.689. The predicted octanol–water partition coefficient (Wildman–Crippen LogP) is 4.06. The van der Waals surface area contributed by atoms with Crippen LogP contribution >= 0.6 is 0 Å². The summed E-state index contributed by atoms with van der Waals surface area (Å²) in [6.45, 7) is 2.19. The molecule has 0 saturated heterocycles. The van der Waals surface area contributed by atoms with Gasteiger partial charge in [0.05, 0.1) is 0 Å². The number of fused-ring (bicyclic) bond motifs is 5. The topological polar surface area (TPSA) is 17.1 Å². The Bertz CT molecular complexity index is 583. The van der Waals surface area contributed by atoms with Gasteiger partial charge in [-0.25, -0.2) is 0 Å². The van der Waals surface area contributed by atoms with Crippen molar-refractivity contribution in [1.82, 2.24) is 0 Å². The van der Waals surface area contributed by atoms with E-state index in [0.717, 1.165) is 30.7 Å². The number of benzene rings is 1. The van der Waals surface area contributed by atoms with Gasteiger partial charge in [-0.05, 0) is 48.6 Å². The molecule has 3 aliphatic rings. The summed E-state index contributed by atoms with van der Waals surface area (Å²) in [5, 5.41) is 0. The number of hydrogen-bond acceptors (Lipinski definition) is 1. The van der Waals surface area contributed by atoms with Gasteiger partial charge in [-0.3, -0.25) is 4.79 Å². The van der Waals surface area contributed by atoms with Gasteiger partial charge >= 0.3 is 0 Å². The van der Waals surface area contributed by atoms with Gasteiger partial charge in [-0.2, -0.15) is 0 Å². The summed E-state index contributed by atoms with van der Waals surface area (Å²) in [6, 6.07) is 6.56. The van der Waals surface area contributed by atoms with E-state index < -0.39 is 0 Å². The minimum atomic E-state index is 0.286. The van der Waals surface area contributed by atoms with Gasteiger partial charge in [0.2, 0.25) is 0 Å². The lowest BCUT2D eigenvalue weighted by Crippen LogP contribution is -2.37. The first-order valence-corrected chi connectivity index (χ1v) is 7.58. The SMILES string of the molecule is CCc1ccc2c(c1)C1(CCC2=O)CC2C=CC1C2. The van der Waals surface area contributed by atoms with Crippen LogP contribution in [0.3, 0.4) is 0 Å². The van der Waals surface area contributed by atoms with Gasteiger partial charge in [0.1, 0.15) is 0 Å². The molecule has 0 heterocycles. The van der Waals surface area contributed by atoms with Gasteiger partial charge in [-0.1, -0.05) is 37.3 Å². The highest BCUT2D eigenvalue weighted by molar-refractivity contribution is 5.99. The van der Waals surface area contributed by atoms with Gasteiger partial charge in [0.25, 0.3) is 0 Å². The summed E-state index contributed by atoms with van der Waals surface area (Å²) in [6.07, 6.45) is 10.3. The molecule has 0 aromatic heterocycles. The van der Waals surface area contributed by atoms with Crippen molar-refractivity contribution in [2.45, 2.75) is 44.4 Å². The monoisotopic (exact) mass is 252 g/mol. The summed E-state index contributed by atoms with van der Waals surface area (Å²) in [5.74, 6) is 1.79. The molecule has 3 aliphatic carbocycles. The van der Waals surface area contributed by atoms with Gasteiger partial charge < -0.3 is 0 Å². The largest absolute Gasteiger partial charge is 0.294 e. The smallest absolute Gasteiger partial charge is 0.163 e. The van der Waals surface area contributed by atoms with Gasteiger partial charge in [0.15, 0.2) is 5.78 Å². The fraction of sp³-hybridized carbons (Fsp3) is 0.500. The number of allylic oxidation sites excluding steroid dienone is 2. The molecule has 3 unspecified atom stereocenters. The Balaban J connectivity index is 1.91. The molecular weight excluding hydrogens is 232 g/mol. The molecule has 0 N–H and O–H groups in total. The third-order valence-corrected chi connectivity index (χ3v) is 5.64. The van der Waals surface area contributed by atoms with Crippen LogP contribution in [0.5, 0.6) is 0 Å². The van der Waals surface area contributed by atoms with Crippen molar-refractivity contribution in [1.29, 1.82) is 0 Å². The molecular formula is C18H20O. The predicted molar refractivity (Wildman–Crippen MR) is 76.4 cm³/mol. The molecule has 1 nitrogen and oxygen atoms in total. The number of Topliss-reactive ketones (excluding diaryl/α,β-unsaturated/α-hetero) is 1. The lowest BCUT2D eigenvalue weighted by atomic mass is 9.62. The molecule has 1 heteroatoms. The lowest BCUT2D eigenvalue weighted by Gasteiger charge is -2.40. The molecule has 1 fully saturated rings. The average molecular weight is 252 g/mol. The van der Waals surface area contributed by atoms with Crippen molar-refractivity contribution in [3.63, 3.8) is 0 Å². The molecule has 1 aromatic carbocycles. The minimum absolute atomic E-state index is 0.286. The summed E-state index contributed by atoms with van der Waals surface area (Å²) in [7, 11) is 0. The van der Waals surface area contributed by atoms with E-state index >= 15 is 0 Å². The maximum absolute atomic E-state index is 12.2. The fourth-order valence-electron chi connectivity index (χ4n) is 4.62.